The molecule has 1 aromatic rings. The van der Waals surface area contributed by atoms with E-state index < -0.39 is 18.1 Å². The minimum absolute atomic E-state index is 0.228. The Balaban J connectivity index is 2.55. The van der Waals surface area contributed by atoms with Crippen molar-refractivity contribution in [1.29, 1.82) is 0 Å². The standard InChI is InChI=1S/C15H22N2O4/c1-11(14(18)16-9-6-10-21-2)17-13(15(19)20)12-7-4-3-5-8-12/h3-5,7-8,11,13,17H,6,9-10H2,1-2H3,(H,16,18)(H,19,20). The fourth-order valence-corrected chi connectivity index (χ4v) is 1.86. The van der Waals surface area contributed by atoms with Crippen LogP contribution in [0.5, 0.6) is 0 Å². The minimum Gasteiger partial charge on any atom is -0.480 e. The fraction of sp³-hybridized carbons (Fsp3) is 0.467. The highest BCUT2D eigenvalue weighted by Crippen LogP contribution is 2.13. The lowest BCUT2D eigenvalue weighted by Crippen LogP contribution is -2.45. The maximum absolute atomic E-state index is 11.9. The van der Waals surface area contributed by atoms with E-state index in [4.69, 9.17) is 4.74 Å². The Kier molecular flexibility index (Phi) is 7.42. The Labute approximate surface area is 124 Å². The predicted molar refractivity (Wildman–Crippen MR) is 78.9 cm³/mol. The van der Waals surface area contributed by atoms with E-state index in [0.717, 1.165) is 6.42 Å². The van der Waals surface area contributed by atoms with Crippen molar-refractivity contribution in [2.24, 2.45) is 0 Å². The van der Waals surface area contributed by atoms with E-state index in [1.165, 1.54) is 0 Å². The lowest BCUT2D eigenvalue weighted by atomic mass is 10.1. The topological polar surface area (TPSA) is 87.7 Å². The number of carbonyl (C=O) groups is 2. The molecule has 21 heavy (non-hydrogen) atoms. The van der Waals surface area contributed by atoms with Crippen LogP contribution in [-0.4, -0.2) is 43.3 Å². The van der Waals surface area contributed by atoms with Gasteiger partial charge in [0.15, 0.2) is 0 Å². The van der Waals surface area contributed by atoms with Crippen LogP contribution >= 0.6 is 0 Å². The van der Waals surface area contributed by atoms with Crippen molar-refractivity contribution in [2.45, 2.75) is 25.4 Å². The molecule has 1 amide bonds. The molecule has 2 atom stereocenters. The monoisotopic (exact) mass is 294 g/mol. The highest BCUT2D eigenvalue weighted by molar-refractivity contribution is 5.83. The van der Waals surface area contributed by atoms with Crippen LogP contribution in [-0.2, 0) is 14.3 Å². The number of carbonyl (C=O) groups excluding carboxylic acids is 1. The molecule has 116 valence electrons. The third-order valence-electron chi connectivity index (χ3n) is 3.01. The molecule has 2 unspecified atom stereocenters. The van der Waals surface area contributed by atoms with Gasteiger partial charge in [-0.15, -0.1) is 0 Å². The average molecular weight is 294 g/mol. The summed E-state index contributed by atoms with van der Waals surface area (Å²) in [6, 6.07) is 7.27. The first kappa shape index (κ1) is 17.1. The molecule has 3 N–H and O–H groups in total. The van der Waals surface area contributed by atoms with Crippen LogP contribution in [0.15, 0.2) is 30.3 Å². The zero-order chi connectivity index (χ0) is 15.7. The summed E-state index contributed by atoms with van der Waals surface area (Å²) in [6.45, 7) is 2.72. The van der Waals surface area contributed by atoms with Gasteiger partial charge in [0.25, 0.3) is 0 Å². The summed E-state index contributed by atoms with van der Waals surface area (Å²) in [5.74, 6) is -1.24. The van der Waals surface area contributed by atoms with E-state index in [1.807, 2.05) is 6.07 Å². The van der Waals surface area contributed by atoms with Crippen LogP contribution in [0.1, 0.15) is 24.9 Å². The molecule has 6 heteroatoms. The second-order valence-corrected chi connectivity index (χ2v) is 4.71. The van der Waals surface area contributed by atoms with Crippen LogP contribution in [0.25, 0.3) is 0 Å². The highest BCUT2D eigenvalue weighted by Gasteiger charge is 2.24. The summed E-state index contributed by atoms with van der Waals surface area (Å²) < 4.78 is 4.89. The van der Waals surface area contributed by atoms with Gasteiger partial charge in [-0.25, -0.2) is 0 Å². The Bertz CT molecular complexity index is 450. The molecule has 6 nitrogen and oxygen atoms in total. The number of ether oxygens (including phenoxy) is 1. The fourth-order valence-electron chi connectivity index (χ4n) is 1.86. The van der Waals surface area contributed by atoms with Crippen LogP contribution in [0.3, 0.4) is 0 Å². The second-order valence-electron chi connectivity index (χ2n) is 4.71. The van der Waals surface area contributed by atoms with Gasteiger partial charge in [0.2, 0.25) is 5.91 Å². The summed E-state index contributed by atoms with van der Waals surface area (Å²) in [5, 5.41) is 14.9. The summed E-state index contributed by atoms with van der Waals surface area (Å²) in [7, 11) is 1.60. The smallest absolute Gasteiger partial charge is 0.325 e. The highest BCUT2D eigenvalue weighted by atomic mass is 16.5. The summed E-state index contributed by atoms with van der Waals surface area (Å²) in [4.78, 5) is 23.2. The minimum atomic E-state index is -1.01. The van der Waals surface area contributed by atoms with Gasteiger partial charge in [-0.3, -0.25) is 14.9 Å². The molecular weight excluding hydrogens is 272 g/mol. The zero-order valence-electron chi connectivity index (χ0n) is 12.3. The first-order valence-electron chi connectivity index (χ1n) is 6.86. The largest absolute Gasteiger partial charge is 0.480 e. The Morgan fingerprint density at radius 3 is 2.52 bits per heavy atom. The maximum atomic E-state index is 11.9. The molecule has 0 heterocycles. The van der Waals surface area contributed by atoms with Crippen molar-refractivity contribution >= 4 is 11.9 Å². The first-order valence-corrected chi connectivity index (χ1v) is 6.86. The van der Waals surface area contributed by atoms with E-state index in [2.05, 4.69) is 10.6 Å². The van der Waals surface area contributed by atoms with Crippen molar-refractivity contribution in [3.8, 4) is 0 Å². The number of benzene rings is 1. The number of rotatable bonds is 9. The van der Waals surface area contributed by atoms with Gasteiger partial charge >= 0.3 is 5.97 Å². The van der Waals surface area contributed by atoms with Gasteiger partial charge < -0.3 is 15.2 Å². The third-order valence-corrected chi connectivity index (χ3v) is 3.01. The van der Waals surface area contributed by atoms with Crippen LogP contribution in [0, 0.1) is 0 Å². The van der Waals surface area contributed by atoms with E-state index in [0.29, 0.717) is 18.7 Å². The molecular formula is C15H22N2O4. The van der Waals surface area contributed by atoms with Crippen LogP contribution < -0.4 is 10.6 Å². The van der Waals surface area contributed by atoms with E-state index in [9.17, 15) is 14.7 Å². The molecule has 0 aliphatic heterocycles. The Hall–Kier alpha value is -1.92. The van der Waals surface area contributed by atoms with Crippen LogP contribution in [0.4, 0.5) is 0 Å². The molecule has 0 aliphatic carbocycles. The molecule has 0 fully saturated rings. The lowest BCUT2D eigenvalue weighted by molar-refractivity contribution is -0.140. The Morgan fingerprint density at radius 2 is 1.95 bits per heavy atom. The molecule has 0 bridgehead atoms. The number of aliphatic carboxylic acids is 1. The van der Waals surface area contributed by atoms with Crippen molar-refractivity contribution < 1.29 is 19.4 Å². The van der Waals surface area contributed by atoms with Crippen molar-refractivity contribution in [2.75, 3.05) is 20.3 Å². The molecule has 0 saturated heterocycles. The predicted octanol–water partition coefficient (Wildman–Crippen LogP) is 0.943. The average Bonchev–Trinajstić information content (AvgIpc) is 2.49. The number of nitrogens with one attached hydrogen (secondary N) is 2. The number of carboxylic acid groups (broad SMARTS) is 1. The molecule has 0 spiro atoms. The third kappa shape index (κ3) is 5.93. The molecule has 0 radical (unpaired) electrons. The van der Waals surface area contributed by atoms with Crippen molar-refractivity contribution in [3.05, 3.63) is 35.9 Å². The summed E-state index contributed by atoms with van der Waals surface area (Å²) in [6.07, 6.45) is 0.718. The SMILES string of the molecule is COCCCNC(=O)C(C)NC(C(=O)O)c1ccccc1. The molecule has 1 aromatic carbocycles. The second kappa shape index (κ2) is 9.10. The number of methoxy groups -OCH3 is 1. The summed E-state index contributed by atoms with van der Waals surface area (Å²) >= 11 is 0. The number of carboxylic acids is 1. The molecule has 0 aliphatic rings. The molecule has 0 saturated carbocycles. The number of hydrogen-bond donors (Lipinski definition) is 3. The van der Waals surface area contributed by atoms with Gasteiger partial charge in [-0.05, 0) is 18.9 Å². The van der Waals surface area contributed by atoms with E-state index in [1.54, 1.807) is 38.3 Å². The van der Waals surface area contributed by atoms with Gasteiger partial charge in [0.05, 0.1) is 6.04 Å². The summed E-state index contributed by atoms with van der Waals surface area (Å²) in [5.41, 5.74) is 0.615. The van der Waals surface area contributed by atoms with E-state index in [-0.39, 0.29) is 5.91 Å². The van der Waals surface area contributed by atoms with Gasteiger partial charge in [0.1, 0.15) is 6.04 Å². The van der Waals surface area contributed by atoms with Crippen molar-refractivity contribution in [3.63, 3.8) is 0 Å². The van der Waals surface area contributed by atoms with Gasteiger partial charge in [-0.2, -0.15) is 0 Å². The maximum Gasteiger partial charge on any atom is 0.325 e. The number of amides is 1. The van der Waals surface area contributed by atoms with E-state index >= 15 is 0 Å². The molecule has 0 aromatic heterocycles. The Morgan fingerprint density at radius 1 is 1.29 bits per heavy atom. The lowest BCUT2D eigenvalue weighted by Gasteiger charge is -2.20. The van der Waals surface area contributed by atoms with Gasteiger partial charge in [0, 0.05) is 20.3 Å². The van der Waals surface area contributed by atoms with Crippen LogP contribution in [0.2, 0.25) is 0 Å². The number of hydrogen-bond acceptors (Lipinski definition) is 4. The normalized spacial score (nSPS) is 13.4. The quantitative estimate of drug-likeness (QED) is 0.590. The first-order chi connectivity index (χ1) is 10.1. The molecule has 1 rings (SSSR count). The van der Waals surface area contributed by atoms with Gasteiger partial charge in [-0.1, -0.05) is 30.3 Å². The van der Waals surface area contributed by atoms with Crippen molar-refractivity contribution in [1.82, 2.24) is 10.6 Å². The zero-order valence-corrected chi connectivity index (χ0v) is 12.3.